The maximum Gasteiger partial charge on any atom is 0.331 e. The molecule has 1 heterocycles. The molecule has 1 rings (SSSR count). The van der Waals surface area contributed by atoms with Crippen molar-refractivity contribution in [3.05, 3.63) is 12.2 Å². The maximum absolute atomic E-state index is 10.6. The minimum Gasteiger partial charge on any atom is -0.466 e. The molecule has 0 unspecified atom stereocenters. The first kappa shape index (κ1) is 10.4. The van der Waals surface area contributed by atoms with Gasteiger partial charge in [-0.3, -0.25) is 0 Å². The molecule has 0 aliphatic carbocycles. The van der Waals surface area contributed by atoms with Gasteiger partial charge >= 0.3 is 5.97 Å². The average Bonchev–Trinajstić information content (AvgIpc) is 2.87. The Morgan fingerprint density at radius 3 is 2.79 bits per heavy atom. The molecule has 0 radical (unpaired) electrons. The van der Waals surface area contributed by atoms with Crippen LogP contribution in [0.15, 0.2) is 12.2 Å². The van der Waals surface area contributed by atoms with Gasteiger partial charge in [-0.05, 0) is 24.8 Å². The number of carbonyl (C=O) groups is 1. The summed E-state index contributed by atoms with van der Waals surface area (Å²) in [5.41, 5.74) is 0. The van der Waals surface area contributed by atoms with Crippen LogP contribution in [0.2, 0.25) is 0 Å². The van der Waals surface area contributed by atoms with E-state index in [-0.39, 0.29) is 12.2 Å². The van der Waals surface area contributed by atoms with E-state index >= 15 is 0 Å². The molecule has 0 aromatic carbocycles. The Morgan fingerprint density at radius 1 is 1.50 bits per heavy atom. The van der Waals surface area contributed by atoms with Gasteiger partial charge < -0.3 is 9.47 Å². The van der Waals surface area contributed by atoms with Crippen LogP contribution in [0.1, 0.15) is 6.92 Å². The van der Waals surface area contributed by atoms with E-state index in [0.717, 1.165) is 0 Å². The summed E-state index contributed by atoms with van der Waals surface area (Å²) in [5.74, 6) is 10.2. The van der Waals surface area contributed by atoms with Gasteiger partial charge in [0.15, 0.2) is 0 Å². The molecule has 0 saturated carbocycles. The third kappa shape index (κ3) is 3.80. The topological polar surface area (TPSA) is 38.8 Å². The Labute approximate surface area is 83.1 Å². The Balaban J connectivity index is 2.29. The number of hydrogen-bond donors (Lipinski definition) is 0. The lowest BCUT2D eigenvalue weighted by Gasteiger charge is -1.84. The Kier molecular flexibility index (Phi) is 3.79. The minimum absolute atomic E-state index is 0.0360. The van der Waals surface area contributed by atoms with Crippen LogP contribution in [0, 0.1) is 23.7 Å². The van der Waals surface area contributed by atoms with E-state index < -0.39 is 5.97 Å². The first-order valence-corrected chi connectivity index (χ1v) is 4.15. The summed E-state index contributed by atoms with van der Waals surface area (Å²) in [7, 11) is 1.31. The molecule has 0 spiro atoms. The van der Waals surface area contributed by atoms with Crippen molar-refractivity contribution in [1.29, 1.82) is 0 Å². The van der Waals surface area contributed by atoms with Crippen LogP contribution in [0.3, 0.4) is 0 Å². The average molecular weight is 190 g/mol. The monoisotopic (exact) mass is 190 g/mol. The normalized spacial score (nSPS) is 23.0. The molecular weight excluding hydrogens is 180 g/mol. The number of methoxy groups -OCH3 is 1. The van der Waals surface area contributed by atoms with Gasteiger partial charge in [-0.15, -0.1) is 0 Å². The van der Waals surface area contributed by atoms with E-state index in [1.807, 2.05) is 6.92 Å². The van der Waals surface area contributed by atoms with Crippen LogP contribution in [0.25, 0.3) is 0 Å². The molecule has 3 heteroatoms. The number of ether oxygens (including phenoxy) is 2. The molecule has 0 aromatic heterocycles. The first-order valence-electron chi connectivity index (χ1n) is 4.15. The van der Waals surface area contributed by atoms with E-state index in [2.05, 4.69) is 28.4 Å². The first-order chi connectivity index (χ1) is 6.74. The quantitative estimate of drug-likeness (QED) is 0.262. The lowest BCUT2D eigenvalue weighted by Crippen LogP contribution is -1.92. The van der Waals surface area contributed by atoms with Crippen molar-refractivity contribution in [2.75, 3.05) is 7.11 Å². The van der Waals surface area contributed by atoms with E-state index in [9.17, 15) is 4.79 Å². The number of esters is 1. The van der Waals surface area contributed by atoms with E-state index in [0.29, 0.717) is 0 Å². The van der Waals surface area contributed by atoms with Crippen molar-refractivity contribution in [2.24, 2.45) is 0 Å². The summed E-state index contributed by atoms with van der Waals surface area (Å²) in [4.78, 5) is 10.6. The fraction of sp³-hybridized carbons (Fsp3) is 0.364. The number of epoxide rings is 1. The molecule has 0 bridgehead atoms. The van der Waals surface area contributed by atoms with Gasteiger partial charge in [-0.25, -0.2) is 4.79 Å². The zero-order chi connectivity index (χ0) is 10.4. The highest BCUT2D eigenvalue weighted by Crippen LogP contribution is 2.18. The minimum atomic E-state index is -0.425. The van der Waals surface area contributed by atoms with Gasteiger partial charge in [0.05, 0.1) is 13.2 Å². The summed E-state index contributed by atoms with van der Waals surface area (Å²) in [6.45, 7) is 1.95. The van der Waals surface area contributed by atoms with Crippen LogP contribution in [-0.4, -0.2) is 25.3 Å². The summed E-state index contributed by atoms with van der Waals surface area (Å²) >= 11 is 0. The Hall–Kier alpha value is -1.71. The maximum atomic E-state index is 10.6. The zero-order valence-corrected chi connectivity index (χ0v) is 8.03. The molecule has 72 valence electrons. The van der Waals surface area contributed by atoms with Crippen LogP contribution in [-0.2, 0) is 14.3 Å². The van der Waals surface area contributed by atoms with Gasteiger partial charge in [-0.1, -0.05) is 11.8 Å². The highest BCUT2D eigenvalue weighted by Gasteiger charge is 2.31. The summed E-state index contributed by atoms with van der Waals surface area (Å²) < 4.78 is 9.41. The van der Waals surface area contributed by atoms with Crippen molar-refractivity contribution >= 4 is 5.97 Å². The Morgan fingerprint density at radius 2 is 2.21 bits per heavy atom. The molecule has 3 nitrogen and oxygen atoms in total. The van der Waals surface area contributed by atoms with Crippen molar-refractivity contribution in [1.82, 2.24) is 0 Å². The van der Waals surface area contributed by atoms with Crippen LogP contribution >= 0.6 is 0 Å². The largest absolute Gasteiger partial charge is 0.466 e. The molecule has 0 aromatic rings. The van der Waals surface area contributed by atoms with E-state index in [1.165, 1.54) is 19.3 Å². The van der Waals surface area contributed by atoms with Crippen LogP contribution in [0.5, 0.6) is 0 Å². The number of rotatable bonds is 1. The van der Waals surface area contributed by atoms with Crippen molar-refractivity contribution in [3.63, 3.8) is 0 Å². The highest BCUT2D eigenvalue weighted by atomic mass is 16.6. The number of allylic oxidation sites excluding steroid dienone is 1. The van der Waals surface area contributed by atoms with Gasteiger partial charge in [0.25, 0.3) is 0 Å². The second kappa shape index (κ2) is 5.11. The SMILES string of the molecule is COC(=O)/C=C\C#CC#C[C@H]1O[C@@H]1C. The standard InChI is InChI=1S/C11H10O3/c1-9-10(14-9)7-5-3-4-6-8-11(12)13-2/h6,8-10H,1-2H3/b8-6-/t9-,10-/m1/s1. The van der Waals surface area contributed by atoms with E-state index in [4.69, 9.17) is 4.74 Å². The summed E-state index contributed by atoms with van der Waals surface area (Å²) in [6, 6.07) is 0. The second-order valence-electron chi connectivity index (χ2n) is 2.66. The summed E-state index contributed by atoms with van der Waals surface area (Å²) in [5, 5.41) is 0. The molecule has 14 heavy (non-hydrogen) atoms. The molecule has 1 fully saturated rings. The predicted molar refractivity (Wildman–Crippen MR) is 51.0 cm³/mol. The lowest BCUT2D eigenvalue weighted by molar-refractivity contribution is -0.134. The number of hydrogen-bond acceptors (Lipinski definition) is 3. The third-order valence-corrected chi connectivity index (χ3v) is 1.56. The number of carbonyl (C=O) groups excluding carboxylic acids is 1. The highest BCUT2D eigenvalue weighted by molar-refractivity contribution is 5.82. The molecule has 0 N–H and O–H groups in total. The second-order valence-corrected chi connectivity index (χ2v) is 2.66. The van der Waals surface area contributed by atoms with E-state index in [1.54, 1.807) is 0 Å². The van der Waals surface area contributed by atoms with Gasteiger partial charge in [-0.2, -0.15) is 0 Å². The van der Waals surface area contributed by atoms with Gasteiger partial charge in [0, 0.05) is 6.08 Å². The van der Waals surface area contributed by atoms with Crippen molar-refractivity contribution in [3.8, 4) is 23.7 Å². The van der Waals surface area contributed by atoms with Crippen molar-refractivity contribution in [2.45, 2.75) is 19.1 Å². The Bertz CT molecular complexity index is 359. The molecule has 1 saturated heterocycles. The smallest absolute Gasteiger partial charge is 0.331 e. The van der Waals surface area contributed by atoms with Gasteiger partial charge in [0.1, 0.15) is 6.10 Å². The van der Waals surface area contributed by atoms with Crippen LogP contribution in [0.4, 0.5) is 0 Å². The molecular formula is C11H10O3. The molecule has 2 atom stereocenters. The fourth-order valence-electron chi connectivity index (χ4n) is 0.700. The fourth-order valence-corrected chi connectivity index (χ4v) is 0.700. The van der Waals surface area contributed by atoms with Crippen LogP contribution < -0.4 is 0 Å². The van der Waals surface area contributed by atoms with Gasteiger partial charge in [0.2, 0.25) is 0 Å². The molecule has 1 aliphatic heterocycles. The predicted octanol–water partition coefficient (Wildman–Crippen LogP) is 0.510. The molecule has 0 amide bonds. The lowest BCUT2D eigenvalue weighted by atomic mass is 10.3. The summed E-state index contributed by atoms with van der Waals surface area (Å²) in [6.07, 6.45) is 2.91. The zero-order valence-electron chi connectivity index (χ0n) is 8.03. The third-order valence-electron chi connectivity index (χ3n) is 1.56. The molecule has 1 aliphatic rings. The van der Waals surface area contributed by atoms with Crippen molar-refractivity contribution < 1.29 is 14.3 Å².